The Balaban J connectivity index is 3.27. The predicted octanol–water partition coefficient (Wildman–Crippen LogP) is 3.07. The molecular formula is C13H29NO. The molecule has 0 rings (SSSR count). The van der Waals surface area contributed by atoms with Crippen LogP contribution in [0, 0.1) is 11.8 Å². The summed E-state index contributed by atoms with van der Waals surface area (Å²) in [6.07, 6.45) is 2.54. The maximum absolute atomic E-state index is 5.51. The summed E-state index contributed by atoms with van der Waals surface area (Å²) in [7, 11) is 0. The van der Waals surface area contributed by atoms with Crippen LogP contribution < -0.4 is 5.32 Å². The van der Waals surface area contributed by atoms with Crippen LogP contribution in [0.1, 0.15) is 47.5 Å². The molecule has 0 aliphatic rings. The number of nitrogens with one attached hydrogen (secondary N) is 1. The highest BCUT2D eigenvalue weighted by Crippen LogP contribution is 2.08. The summed E-state index contributed by atoms with van der Waals surface area (Å²) in [5, 5.41) is 3.50. The third-order valence-electron chi connectivity index (χ3n) is 2.64. The molecule has 0 saturated heterocycles. The fraction of sp³-hybridized carbons (Fsp3) is 1.00. The summed E-state index contributed by atoms with van der Waals surface area (Å²) in [5.41, 5.74) is 0. The van der Waals surface area contributed by atoms with E-state index in [2.05, 4.69) is 39.9 Å². The summed E-state index contributed by atoms with van der Waals surface area (Å²) in [6.45, 7) is 13.9. The highest BCUT2D eigenvalue weighted by Gasteiger charge is 2.05. The molecule has 0 heterocycles. The molecular weight excluding hydrogens is 186 g/mol. The van der Waals surface area contributed by atoms with Gasteiger partial charge in [0.2, 0.25) is 0 Å². The first-order valence-electron chi connectivity index (χ1n) is 6.37. The Bertz CT molecular complexity index is 136. The van der Waals surface area contributed by atoms with Crippen molar-refractivity contribution >= 4 is 0 Å². The molecule has 0 saturated carbocycles. The minimum absolute atomic E-state index is 0.614. The lowest BCUT2D eigenvalue weighted by molar-refractivity contribution is 0.110. The summed E-state index contributed by atoms with van der Waals surface area (Å²) >= 11 is 0. The second-order valence-corrected chi connectivity index (χ2v) is 5.07. The van der Waals surface area contributed by atoms with Gasteiger partial charge in [-0.05, 0) is 25.2 Å². The predicted molar refractivity (Wildman–Crippen MR) is 67.2 cm³/mol. The van der Waals surface area contributed by atoms with Crippen LogP contribution in [-0.2, 0) is 4.74 Å². The van der Waals surface area contributed by atoms with Gasteiger partial charge >= 0.3 is 0 Å². The molecule has 2 nitrogen and oxygen atoms in total. The minimum atomic E-state index is 0.614. The molecule has 2 atom stereocenters. The second-order valence-electron chi connectivity index (χ2n) is 5.07. The Hall–Kier alpha value is -0.0800. The molecule has 2 unspecified atom stereocenters. The Labute approximate surface area is 95.8 Å². The van der Waals surface area contributed by atoms with Gasteiger partial charge in [-0.1, -0.05) is 34.1 Å². The fourth-order valence-electron chi connectivity index (χ4n) is 1.55. The molecule has 0 amide bonds. The molecule has 0 aliphatic carbocycles. The zero-order chi connectivity index (χ0) is 11.7. The molecule has 92 valence electrons. The largest absolute Gasteiger partial charge is 0.380 e. The Morgan fingerprint density at radius 1 is 1.13 bits per heavy atom. The minimum Gasteiger partial charge on any atom is -0.380 e. The molecule has 0 bridgehead atoms. The van der Waals surface area contributed by atoms with Crippen molar-refractivity contribution in [3.63, 3.8) is 0 Å². The molecule has 1 N–H and O–H groups in total. The van der Waals surface area contributed by atoms with Gasteiger partial charge in [0.05, 0.1) is 6.61 Å². The van der Waals surface area contributed by atoms with Gasteiger partial charge in [-0.25, -0.2) is 0 Å². The summed E-state index contributed by atoms with van der Waals surface area (Å²) < 4.78 is 5.51. The van der Waals surface area contributed by atoms with Crippen molar-refractivity contribution in [3.05, 3.63) is 0 Å². The van der Waals surface area contributed by atoms with E-state index in [1.807, 2.05) is 0 Å². The normalized spacial score (nSPS) is 15.6. The standard InChI is InChI=1S/C13H29NO/c1-6-12(4)9-13(5)14-7-8-15-10-11(2)3/h11-14H,6-10H2,1-5H3. The maximum atomic E-state index is 5.51. The van der Waals surface area contributed by atoms with Gasteiger partial charge in [-0.2, -0.15) is 0 Å². The molecule has 0 aliphatic heterocycles. The van der Waals surface area contributed by atoms with E-state index >= 15 is 0 Å². The van der Waals surface area contributed by atoms with Crippen LogP contribution >= 0.6 is 0 Å². The van der Waals surface area contributed by atoms with Crippen LogP contribution in [0.3, 0.4) is 0 Å². The third kappa shape index (κ3) is 10.2. The lowest BCUT2D eigenvalue weighted by Crippen LogP contribution is -2.31. The average molecular weight is 215 g/mol. The number of ether oxygens (including phenoxy) is 1. The SMILES string of the molecule is CCC(C)CC(C)NCCOCC(C)C. The van der Waals surface area contributed by atoms with Crippen LogP contribution in [-0.4, -0.2) is 25.8 Å². The smallest absolute Gasteiger partial charge is 0.0591 e. The van der Waals surface area contributed by atoms with Crippen LogP contribution in [0.15, 0.2) is 0 Å². The molecule has 0 fully saturated rings. The Morgan fingerprint density at radius 3 is 2.33 bits per heavy atom. The van der Waals surface area contributed by atoms with E-state index in [0.29, 0.717) is 12.0 Å². The third-order valence-corrected chi connectivity index (χ3v) is 2.64. The number of rotatable bonds is 9. The fourth-order valence-corrected chi connectivity index (χ4v) is 1.55. The Morgan fingerprint density at radius 2 is 1.80 bits per heavy atom. The van der Waals surface area contributed by atoms with Crippen molar-refractivity contribution in [2.75, 3.05) is 19.8 Å². The maximum Gasteiger partial charge on any atom is 0.0591 e. The van der Waals surface area contributed by atoms with E-state index in [4.69, 9.17) is 4.74 Å². The van der Waals surface area contributed by atoms with Crippen LogP contribution in [0.25, 0.3) is 0 Å². The van der Waals surface area contributed by atoms with E-state index < -0.39 is 0 Å². The van der Waals surface area contributed by atoms with Crippen LogP contribution in [0.2, 0.25) is 0 Å². The molecule has 2 heteroatoms. The molecule has 0 radical (unpaired) electrons. The highest BCUT2D eigenvalue weighted by atomic mass is 16.5. The van der Waals surface area contributed by atoms with Gasteiger partial charge in [-0.15, -0.1) is 0 Å². The van der Waals surface area contributed by atoms with Crippen molar-refractivity contribution in [2.45, 2.75) is 53.5 Å². The van der Waals surface area contributed by atoms with Crippen LogP contribution in [0.4, 0.5) is 0 Å². The number of hydrogen-bond acceptors (Lipinski definition) is 2. The first-order chi connectivity index (χ1) is 7.06. The van der Waals surface area contributed by atoms with Gasteiger partial charge in [0.25, 0.3) is 0 Å². The molecule has 0 aromatic heterocycles. The first-order valence-corrected chi connectivity index (χ1v) is 6.37. The van der Waals surface area contributed by atoms with E-state index in [0.717, 1.165) is 25.7 Å². The van der Waals surface area contributed by atoms with Crippen molar-refractivity contribution in [1.82, 2.24) is 5.32 Å². The van der Waals surface area contributed by atoms with Crippen LogP contribution in [0.5, 0.6) is 0 Å². The van der Waals surface area contributed by atoms with E-state index in [-0.39, 0.29) is 0 Å². The van der Waals surface area contributed by atoms with Gasteiger partial charge in [0, 0.05) is 19.2 Å². The van der Waals surface area contributed by atoms with Crippen molar-refractivity contribution < 1.29 is 4.74 Å². The van der Waals surface area contributed by atoms with Crippen molar-refractivity contribution in [1.29, 1.82) is 0 Å². The summed E-state index contributed by atoms with van der Waals surface area (Å²) in [4.78, 5) is 0. The molecule has 0 aromatic rings. The quantitative estimate of drug-likeness (QED) is 0.597. The van der Waals surface area contributed by atoms with E-state index in [1.54, 1.807) is 0 Å². The highest BCUT2D eigenvalue weighted by molar-refractivity contribution is 4.63. The molecule has 0 spiro atoms. The summed E-state index contributed by atoms with van der Waals surface area (Å²) in [5.74, 6) is 1.46. The molecule has 0 aromatic carbocycles. The summed E-state index contributed by atoms with van der Waals surface area (Å²) in [6, 6.07) is 0.614. The zero-order valence-corrected chi connectivity index (χ0v) is 11.2. The van der Waals surface area contributed by atoms with Gasteiger partial charge in [0.1, 0.15) is 0 Å². The number of hydrogen-bond donors (Lipinski definition) is 1. The first kappa shape index (κ1) is 14.9. The van der Waals surface area contributed by atoms with E-state index in [9.17, 15) is 0 Å². The van der Waals surface area contributed by atoms with Crippen molar-refractivity contribution in [3.8, 4) is 0 Å². The van der Waals surface area contributed by atoms with Gasteiger partial charge < -0.3 is 10.1 Å². The monoisotopic (exact) mass is 215 g/mol. The van der Waals surface area contributed by atoms with E-state index in [1.165, 1.54) is 12.8 Å². The second kappa shape index (κ2) is 9.17. The lowest BCUT2D eigenvalue weighted by atomic mass is 10.0. The van der Waals surface area contributed by atoms with Gasteiger partial charge in [-0.3, -0.25) is 0 Å². The molecule has 15 heavy (non-hydrogen) atoms. The zero-order valence-electron chi connectivity index (χ0n) is 11.2. The topological polar surface area (TPSA) is 21.3 Å². The van der Waals surface area contributed by atoms with Crippen molar-refractivity contribution in [2.24, 2.45) is 11.8 Å². The lowest BCUT2D eigenvalue weighted by Gasteiger charge is -2.17. The Kier molecular flexibility index (Phi) is 9.12. The van der Waals surface area contributed by atoms with Gasteiger partial charge in [0.15, 0.2) is 0 Å². The average Bonchev–Trinajstić information content (AvgIpc) is 2.16.